The van der Waals surface area contributed by atoms with Gasteiger partial charge in [-0.15, -0.1) is 0 Å². The van der Waals surface area contributed by atoms with Crippen LogP contribution >= 0.6 is 0 Å². The summed E-state index contributed by atoms with van der Waals surface area (Å²) in [5.41, 5.74) is 2.95. The highest BCUT2D eigenvalue weighted by Crippen LogP contribution is 2.37. The molecule has 1 aromatic rings. The first kappa shape index (κ1) is 15.3. The third kappa shape index (κ3) is 3.72. The zero-order valence-corrected chi connectivity index (χ0v) is 13.7. The largest absolute Gasteiger partial charge is 0.357 e. The number of aryl methyl sites for hydroxylation is 1. The summed E-state index contributed by atoms with van der Waals surface area (Å²) in [7, 11) is 4.19. The van der Waals surface area contributed by atoms with Crippen LogP contribution in [0.2, 0.25) is 0 Å². The second-order valence-electron chi connectivity index (χ2n) is 7.01. The average molecular weight is 275 g/mol. The second-order valence-corrected chi connectivity index (χ2v) is 7.01. The minimum Gasteiger partial charge on any atom is -0.357 e. The molecule has 0 spiro atoms. The van der Waals surface area contributed by atoms with Crippen LogP contribution in [0.5, 0.6) is 0 Å². The van der Waals surface area contributed by atoms with Crippen LogP contribution in [-0.4, -0.2) is 25.1 Å². The summed E-state index contributed by atoms with van der Waals surface area (Å²) in [6, 6.07) is 5.03. The first-order valence-electron chi connectivity index (χ1n) is 7.76. The van der Waals surface area contributed by atoms with E-state index < -0.39 is 0 Å². The maximum atomic E-state index is 4.73. The lowest BCUT2D eigenvalue weighted by Crippen LogP contribution is -2.37. The van der Waals surface area contributed by atoms with E-state index in [-0.39, 0.29) is 0 Å². The van der Waals surface area contributed by atoms with Gasteiger partial charge in [0.15, 0.2) is 0 Å². The van der Waals surface area contributed by atoms with Gasteiger partial charge in [-0.25, -0.2) is 4.98 Å². The summed E-state index contributed by atoms with van der Waals surface area (Å²) in [5.74, 6) is 1.12. The third-order valence-corrected chi connectivity index (χ3v) is 4.60. The molecule has 1 aliphatic rings. The molecule has 2 rings (SSSR count). The highest BCUT2D eigenvalue weighted by molar-refractivity contribution is 5.43. The lowest BCUT2D eigenvalue weighted by atomic mass is 9.75. The van der Waals surface area contributed by atoms with Crippen molar-refractivity contribution < 1.29 is 0 Å². The number of rotatable bonds is 4. The van der Waals surface area contributed by atoms with Crippen LogP contribution < -0.4 is 10.2 Å². The molecule has 112 valence electrons. The second kappa shape index (κ2) is 6.13. The molecule has 0 bridgehead atoms. The molecule has 0 atom stereocenters. The van der Waals surface area contributed by atoms with Crippen molar-refractivity contribution in [3.05, 3.63) is 23.4 Å². The Morgan fingerprint density at radius 2 is 1.95 bits per heavy atom. The molecular formula is C17H29N3. The molecule has 0 aliphatic heterocycles. The van der Waals surface area contributed by atoms with E-state index >= 15 is 0 Å². The monoisotopic (exact) mass is 275 g/mol. The molecule has 20 heavy (non-hydrogen) atoms. The van der Waals surface area contributed by atoms with Crippen molar-refractivity contribution in [3.8, 4) is 0 Å². The van der Waals surface area contributed by atoms with Crippen molar-refractivity contribution >= 4 is 5.82 Å². The fourth-order valence-electron chi connectivity index (χ4n) is 3.17. The number of pyridine rings is 1. The molecule has 1 fully saturated rings. The molecule has 1 heterocycles. The summed E-state index contributed by atoms with van der Waals surface area (Å²) in [5, 5.41) is 3.22. The van der Waals surface area contributed by atoms with Crippen molar-refractivity contribution in [3.63, 3.8) is 0 Å². The Labute approximate surface area is 123 Å². The molecule has 0 amide bonds. The number of anilines is 1. The lowest BCUT2D eigenvalue weighted by molar-refractivity contribution is 0.222. The van der Waals surface area contributed by atoms with Gasteiger partial charge in [-0.1, -0.05) is 13.8 Å². The standard InChI is InChI=1S/C17H29N3/c1-13-10-14(12-18-4)11-16(19-13)20(5)15-6-8-17(2,3)9-7-15/h10-11,15,18H,6-9,12H2,1-5H3. The molecule has 1 N–H and O–H groups in total. The lowest BCUT2D eigenvalue weighted by Gasteiger charge is -2.39. The Morgan fingerprint density at radius 3 is 2.55 bits per heavy atom. The van der Waals surface area contributed by atoms with Gasteiger partial charge in [0.1, 0.15) is 5.82 Å². The Kier molecular flexibility index (Phi) is 4.69. The molecule has 1 aromatic heterocycles. The topological polar surface area (TPSA) is 28.2 Å². The van der Waals surface area contributed by atoms with E-state index in [1.54, 1.807) is 0 Å². The van der Waals surface area contributed by atoms with E-state index in [0.29, 0.717) is 11.5 Å². The van der Waals surface area contributed by atoms with Crippen LogP contribution in [0.15, 0.2) is 12.1 Å². The quantitative estimate of drug-likeness (QED) is 0.911. The first-order valence-corrected chi connectivity index (χ1v) is 7.76. The van der Waals surface area contributed by atoms with Crippen molar-refractivity contribution in [2.24, 2.45) is 5.41 Å². The maximum Gasteiger partial charge on any atom is 0.129 e. The van der Waals surface area contributed by atoms with Crippen molar-refractivity contribution in [2.45, 2.75) is 59.0 Å². The number of hydrogen-bond donors (Lipinski definition) is 1. The molecule has 3 heteroatoms. The molecule has 0 aromatic carbocycles. The van der Waals surface area contributed by atoms with E-state index in [2.05, 4.69) is 50.2 Å². The van der Waals surface area contributed by atoms with Gasteiger partial charge in [0.25, 0.3) is 0 Å². The third-order valence-electron chi connectivity index (χ3n) is 4.60. The Morgan fingerprint density at radius 1 is 1.30 bits per heavy atom. The number of nitrogens with zero attached hydrogens (tertiary/aromatic N) is 2. The summed E-state index contributed by atoms with van der Waals surface area (Å²) >= 11 is 0. The van der Waals surface area contributed by atoms with E-state index in [9.17, 15) is 0 Å². The minimum absolute atomic E-state index is 0.522. The first-order chi connectivity index (χ1) is 9.41. The number of nitrogens with one attached hydrogen (secondary N) is 1. The van der Waals surface area contributed by atoms with Gasteiger partial charge in [-0.2, -0.15) is 0 Å². The summed E-state index contributed by atoms with van der Waals surface area (Å²) in [6.07, 6.45) is 5.19. The predicted molar refractivity (Wildman–Crippen MR) is 86.2 cm³/mol. The van der Waals surface area contributed by atoms with Gasteiger partial charge in [0.05, 0.1) is 0 Å². The van der Waals surface area contributed by atoms with Crippen LogP contribution in [-0.2, 0) is 6.54 Å². The minimum atomic E-state index is 0.522. The fourth-order valence-corrected chi connectivity index (χ4v) is 3.17. The molecule has 0 radical (unpaired) electrons. The van der Waals surface area contributed by atoms with Crippen LogP contribution in [0, 0.1) is 12.3 Å². The highest BCUT2D eigenvalue weighted by Gasteiger charge is 2.29. The molecule has 0 saturated heterocycles. The van der Waals surface area contributed by atoms with Gasteiger partial charge in [-0.3, -0.25) is 0 Å². The Balaban J connectivity index is 2.11. The molecular weight excluding hydrogens is 246 g/mol. The van der Waals surface area contributed by atoms with Crippen molar-refractivity contribution in [1.82, 2.24) is 10.3 Å². The average Bonchev–Trinajstić information content (AvgIpc) is 2.37. The van der Waals surface area contributed by atoms with Crippen LogP contribution in [0.25, 0.3) is 0 Å². The van der Waals surface area contributed by atoms with Crippen LogP contribution in [0.4, 0.5) is 5.82 Å². The van der Waals surface area contributed by atoms with Gasteiger partial charge in [0, 0.05) is 25.3 Å². The smallest absolute Gasteiger partial charge is 0.129 e. The van der Waals surface area contributed by atoms with Gasteiger partial charge in [-0.05, 0) is 62.8 Å². The summed E-state index contributed by atoms with van der Waals surface area (Å²) < 4.78 is 0. The zero-order valence-electron chi connectivity index (χ0n) is 13.7. The van der Waals surface area contributed by atoms with E-state index in [0.717, 1.165) is 18.1 Å². The predicted octanol–water partition coefficient (Wildman–Crippen LogP) is 3.51. The van der Waals surface area contributed by atoms with Gasteiger partial charge in [0.2, 0.25) is 0 Å². The maximum absolute atomic E-state index is 4.73. The van der Waals surface area contributed by atoms with E-state index in [1.807, 2.05) is 7.05 Å². The Bertz CT molecular complexity index is 444. The normalized spacial score (nSPS) is 19.1. The molecule has 1 aliphatic carbocycles. The van der Waals surface area contributed by atoms with E-state index in [1.165, 1.54) is 31.2 Å². The van der Waals surface area contributed by atoms with Gasteiger partial charge >= 0.3 is 0 Å². The van der Waals surface area contributed by atoms with Crippen LogP contribution in [0.1, 0.15) is 50.8 Å². The van der Waals surface area contributed by atoms with Crippen molar-refractivity contribution in [2.75, 3.05) is 19.0 Å². The fraction of sp³-hybridized carbons (Fsp3) is 0.706. The Hall–Kier alpha value is -1.09. The molecule has 3 nitrogen and oxygen atoms in total. The number of aromatic nitrogens is 1. The molecule has 1 saturated carbocycles. The van der Waals surface area contributed by atoms with Crippen molar-refractivity contribution in [1.29, 1.82) is 0 Å². The summed E-state index contributed by atoms with van der Waals surface area (Å²) in [6.45, 7) is 7.76. The van der Waals surface area contributed by atoms with Crippen LogP contribution in [0.3, 0.4) is 0 Å². The molecule has 0 unspecified atom stereocenters. The zero-order chi connectivity index (χ0) is 14.8. The summed E-state index contributed by atoms with van der Waals surface area (Å²) in [4.78, 5) is 7.12. The van der Waals surface area contributed by atoms with E-state index in [4.69, 9.17) is 4.98 Å². The SMILES string of the molecule is CNCc1cc(C)nc(N(C)C2CCC(C)(C)CC2)c1. The highest BCUT2D eigenvalue weighted by atomic mass is 15.2. The van der Waals surface area contributed by atoms with Gasteiger partial charge < -0.3 is 10.2 Å². The number of hydrogen-bond acceptors (Lipinski definition) is 3.